The van der Waals surface area contributed by atoms with Gasteiger partial charge in [0.05, 0.1) is 16.8 Å². The van der Waals surface area contributed by atoms with Crippen molar-refractivity contribution in [1.82, 2.24) is 9.78 Å². The monoisotopic (exact) mass is 264 g/mol. The summed E-state index contributed by atoms with van der Waals surface area (Å²) >= 11 is 1.00. The minimum Gasteiger partial charge on any atom is -0.481 e. The molecule has 1 atom stereocenters. The van der Waals surface area contributed by atoms with Crippen molar-refractivity contribution >= 4 is 17.7 Å². The van der Waals surface area contributed by atoms with E-state index in [1.807, 2.05) is 13.8 Å². The number of hydrogen-bond acceptors (Lipinski definition) is 3. The third-order valence-electron chi connectivity index (χ3n) is 2.30. The van der Waals surface area contributed by atoms with E-state index in [4.69, 9.17) is 5.11 Å². The highest BCUT2D eigenvalue weighted by Gasteiger charge is 2.18. The lowest BCUT2D eigenvalue weighted by Crippen LogP contribution is -2.08. The zero-order chi connectivity index (χ0) is 13.0. The first-order chi connectivity index (χ1) is 7.95. The van der Waals surface area contributed by atoms with Crippen molar-refractivity contribution in [2.24, 2.45) is 0 Å². The van der Waals surface area contributed by atoms with Gasteiger partial charge in [-0.1, -0.05) is 18.7 Å². The number of carboxylic acid groups (broad SMARTS) is 1. The lowest BCUT2D eigenvalue weighted by molar-refractivity contribution is -0.133. The highest BCUT2D eigenvalue weighted by Crippen LogP contribution is 2.28. The number of alkyl halides is 2. The Kier molecular flexibility index (Phi) is 4.92. The van der Waals surface area contributed by atoms with E-state index in [-0.39, 0.29) is 17.5 Å². The Bertz CT molecular complexity index is 396. The Morgan fingerprint density at radius 2 is 2.29 bits per heavy atom. The minimum absolute atomic E-state index is 0.0289. The van der Waals surface area contributed by atoms with Crippen molar-refractivity contribution in [2.75, 3.05) is 5.75 Å². The van der Waals surface area contributed by atoms with E-state index in [0.29, 0.717) is 5.03 Å². The van der Waals surface area contributed by atoms with Crippen LogP contribution in [0.15, 0.2) is 11.1 Å². The number of carbonyl (C=O) groups is 1. The minimum atomic E-state index is -2.63. The molecule has 1 aromatic heterocycles. The number of hydrogen-bond donors (Lipinski definition) is 1. The summed E-state index contributed by atoms with van der Waals surface area (Å²) in [5.41, 5.74) is -0.307. The maximum absolute atomic E-state index is 12.5. The maximum Gasteiger partial charge on any atom is 0.313 e. The normalized spacial score (nSPS) is 13.0. The van der Waals surface area contributed by atoms with Gasteiger partial charge >= 0.3 is 5.97 Å². The first-order valence-corrected chi connectivity index (χ1v) is 6.16. The van der Waals surface area contributed by atoms with Gasteiger partial charge in [0, 0.05) is 0 Å². The van der Waals surface area contributed by atoms with Crippen molar-refractivity contribution in [3.63, 3.8) is 0 Å². The molecular formula is C10H14F2N2O2S. The number of aromatic nitrogens is 2. The number of thioether (sulfide) groups is 1. The molecular weight excluding hydrogens is 250 g/mol. The van der Waals surface area contributed by atoms with Crippen LogP contribution in [0.3, 0.4) is 0 Å². The summed E-state index contributed by atoms with van der Waals surface area (Å²) in [6.07, 6.45) is -1.89. The van der Waals surface area contributed by atoms with E-state index >= 15 is 0 Å². The second-order valence-corrected chi connectivity index (χ2v) is 4.59. The van der Waals surface area contributed by atoms with Crippen LogP contribution in [0.1, 0.15) is 38.4 Å². The van der Waals surface area contributed by atoms with Gasteiger partial charge in [-0.2, -0.15) is 5.10 Å². The van der Waals surface area contributed by atoms with Gasteiger partial charge < -0.3 is 5.11 Å². The third kappa shape index (κ3) is 3.69. The smallest absolute Gasteiger partial charge is 0.313 e. The van der Waals surface area contributed by atoms with Crippen molar-refractivity contribution in [3.8, 4) is 0 Å². The number of carboxylic acids is 1. The maximum atomic E-state index is 12.5. The van der Waals surface area contributed by atoms with Gasteiger partial charge in [0.1, 0.15) is 5.69 Å². The molecule has 1 aromatic rings. The van der Waals surface area contributed by atoms with Gasteiger partial charge in [-0.3, -0.25) is 9.48 Å². The first-order valence-electron chi connectivity index (χ1n) is 5.17. The van der Waals surface area contributed by atoms with Crippen LogP contribution in [0, 0.1) is 0 Å². The molecule has 0 aromatic carbocycles. The standard InChI is InChI=1S/C10H14F2N2O2S/c1-3-6(2)14-8(17-5-9(15)16)4-7(13-14)10(11)12/h4,6,10H,3,5H2,1-2H3,(H,15,16). The molecule has 96 valence electrons. The predicted molar refractivity (Wildman–Crippen MR) is 60.5 cm³/mol. The molecule has 1 N–H and O–H groups in total. The molecule has 1 unspecified atom stereocenters. The van der Waals surface area contributed by atoms with Gasteiger partial charge in [-0.25, -0.2) is 8.78 Å². The van der Waals surface area contributed by atoms with E-state index in [2.05, 4.69) is 5.10 Å². The molecule has 0 aliphatic rings. The third-order valence-corrected chi connectivity index (χ3v) is 3.29. The van der Waals surface area contributed by atoms with Gasteiger partial charge in [0.2, 0.25) is 0 Å². The molecule has 0 aliphatic heterocycles. The molecule has 7 heteroatoms. The topological polar surface area (TPSA) is 55.1 Å². The van der Waals surface area contributed by atoms with E-state index in [0.717, 1.165) is 18.2 Å². The van der Waals surface area contributed by atoms with Crippen LogP contribution in [0.5, 0.6) is 0 Å². The summed E-state index contributed by atoms with van der Waals surface area (Å²) < 4.78 is 26.5. The lowest BCUT2D eigenvalue weighted by atomic mass is 10.3. The average Bonchev–Trinajstić information content (AvgIpc) is 2.69. The molecule has 4 nitrogen and oxygen atoms in total. The van der Waals surface area contributed by atoms with E-state index < -0.39 is 12.4 Å². The van der Waals surface area contributed by atoms with Crippen LogP contribution < -0.4 is 0 Å². The van der Waals surface area contributed by atoms with Crippen LogP contribution in [0.25, 0.3) is 0 Å². The Labute approximate surface area is 102 Å². The highest BCUT2D eigenvalue weighted by atomic mass is 32.2. The average molecular weight is 264 g/mol. The molecule has 0 saturated heterocycles. The van der Waals surface area contributed by atoms with Crippen molar-refractivity contribution in [2.45, 2.75) is 37.8 Å². The summed E-state index contributed by atoms with van der Waals surface area (Å²) in [7, 11) is 0. The fourth-order valence-electron chi connectivity index (χ4n) is 1.23. The molecule has 17 heavy (non-hydrogen) atoms. The molecule has 0 aliphatic carbocycles. The Hall–Kier alpha value is -1.11. The zero-order valence-electron chi connectivity index (χ0n) is 9.56. The van der Waals surface area contributed by atoms with Gasteiger partial charge in [-0.05, 0) is 19.4 Å². The molecule has 0 bridgehead atoms. The second-order valence-electron chi connectivity index (χ2n) is 3.59. The fourth-order valence-corrected chi connectivity index (χ4v) is 2.06. The fraction of sp³-hybridized carbons (Fsp3) is 0.600. The number of rotatable bonds is 6. The Morgan fingerprint density at radius 3 is 2.76 bits per heavy atom. The van der Waals surface area contributed by atoms with E-state index in [1.165, 1.54) is 10.7 Å². The van der Waals surface area contributed by atoms with E-state index in [1.54, 1.807) is 0 Å². The lowest BCUT2D eigenvalue weighted by Gasteiger charge is -2.12. The summed E-state index contributed by atoms with van der Waals surface area (Å²) in [5, 5.41) is 12.9. The van der Waals surface area contributed by atoms with Crippen LogP contribution >= 0.6 is 11.8 Å². The van der Waals surface area contributed by atoms with Gasteiger partial charge in [0.25, 0.3) is 6.43 Å². The SMILES string of the molecule is CCC(C)n1nc(C(F)F)cc1SCC(=O)O. The second kappa shape index (κ2) is 6.00. The van der Waals surface area contributed by atoms with Crippen molar-refractivity contribution in [3.05, 3.63) is 11.8 Å². The van der Waals surface area contributed by atoms with Crippen molar-refractivity contribution in [1.29, 1.82) is 0 Å². The van der Waals surface area contributed by atoms with Crippen LogP contribution in [-0.4, -0.2) is 26.6 Å². The molecule has 0 spiro atoms. The number of halogens is 2. The molecule has 0 amide bonds. The summed E-state index contributed by atoms with van der Waals surface area (Å²) in [5.74, 6) is -1.14. The van der Waals surface area contributed by atoms with E-state index in [9.17, 15) is 13.6 Å². The highest BCUT2D eigenvalue weighted by molar-refractivity contribution is 7.99. The Balaban J connectivity index is 2.94. The van der Waals surface area contributed by atoms with Gasteiger partial charge in [0.15, 0.2) is 0 Å². The van der Waals surface area contributed by atoms with Crippen LogP contribution in [0.4, 0.5) is 8.78 Å². The van der Waals surface area contributed by atoms with Crippen molar-refractivity contribution < 1.29 is 18.7 Å². The molecule has 1 heterocycles. The molecule has 0 fully saturated rings. The van der Waals surface area contributed by atoms with Gasteiger partial charge in [-0.15, -0.1) is 0 Å². The van der Waals surface area contributed by atoms with Crippen LogP contribution in [0.2, 0.25) is 0 Å². The largest absolute Gasteiger partial charge is 0.481 e. The molecule has 0 saturated carbocycles. The van der Waals surface area contributed by atoms with Crippen LogP contribution in [-0.2, 0) is 4.79 Å². The number of aliphatic carboxylic acids is 1. The zero-order valence-corrected chi connectivity index (χ0v) is 10.4. The summed E-state index contributed by atoms with van der Waals surface area (Å²) in [6, 6.07) is 1.23. The molecule has 1 rings (SSSR count). The number of nitrogens with zero attached hydrogens (tertiary/aromatic N) is 2. The quantitative estimate of drug-likeness (QED) is 0.802. The molecule has 0 radical (unpaired) electrons. The summed E-state index contributed by atoms with van der Waals surface area (Å²) in [4.78, 5) is 10.5. The Morgan fingerprint density at radius 1 is 1.65 bits per heavy atom. The summed E-state index contributed by atoms with van der Waals surface area (Å²) in [6.45, 7) is 3.77. The predicted octanol–water partition coefficient (Wildman–Crippen LogP) is 2.97. The first kappa shape index (κ1) is 14.0.